The van der Waals surface area contributed by atoms with Gasteiger partial charge in [-0.05, 0) is 48.9 Å². The molecule has 0 aliphatic carbocycles. The predicted molar refractivity (Wildman–Crippen MR) is 108 cm³/mol. The van der Waals surface area contributed by atoms with Crippen LogP contribution < -0.4 is 4.74 Å². The van der Waals surface area contributed by atoms with Crippen LogP contribution in [0.3, 0.4) is 0 Å². The molecule has 0 bridgehead atoms. The zero-order chi connectivity index (χ0) is 21.7. The first kappa shape index (κ1) is 21.3. The van der Waals surface area contributed by atoms with Crippen molar-refractivity contribution < 1.29 is 23.0 Å². The van der Waals surface area contributed by atoms with Gasteiger partial charge in [-0.2, -0.15) is 0 Å². The lowest BCUT2D eigenvalue weighted by Gasteiger charge is -2.17. The predicted octanol–water partition coefficient (Wildman–Crippen LogP) is 5.47. The molecule has 0 fully saturated rings. The molecule has 7 heteroatoms. The van der Waals surface area contributed by atoms with Gasteiger partial charge in [-0.15, -0.1) is 13.2 Å². The zero-order valence-corrected chi connectivity index (χ0v) is 16.0. The van der Waals surface area contributed by atoms with Crippen molar-refractivity contribution in [2.45, 2.75) is 19.4 Å². The molecule has 0 aliphatic rings. The molecular weight excluding hydrogens is 393 g/mol. The van der Waals surface area contributed by atoms with Gasteiger partial charge in [-0.3, -0.25) is 10.4 Å². The largest absolute Gasteiger partial charge is 0.573 e. The summed E-state index contributed by atoms with van der Waals surface area (Å²) in [5, 5.41) is 19.5. The van der Waals surface area contributed by atoms with Crippen molar-refractivity contribution in [2.75, 3.05) is 0 Å². The molecule has 0 aliphatic heterocycles. The van der Waals surface area contributed by atoms with Gasteiger partial charge in [0.25, 0.3) is 0 Å². The molecule has 3 aromatic rings. The zero-order valence-electron chi connectivity index (χ0n) is 16.0. The minimum atomic E-state index is -4.79. The summed E-state index contributed by atoms with van der Waals surface area (Å²) in [4.78, 5) is 4.00. The monoisotopic (exact) mass is 412 g/mol. The maximum atomic E-state index is 12.4. The molecule has 1 atom stereocenters. The molecule has 0 saturated heterocycles. The van der Waals surface area contributed by atoms with E-state index in [0.29, 0.717) is 11.1 Å². The highest BCUT2D eigenvalue weighted by Gasteiger charge is 2.31. The number of aromatic nitrogens is 1. The third kappa shape index (κ3) is 5.55. The second-order valence-corrected chi connectivity index (χ2v) is 6.65. The van der Waals surface area contributed by atoms with Crippen LogP contribution in [0.5, 0.6) is 5.75 Å². The number of aliphatic hydroxyl groups is 1. The van der Waals surface area contributed by atoms with Crippen LogP contribution in [0.15, 0.2) is 78.6 Å². The number of halogens is 3. The Labute approximate surface area is 171 Å². The lowest BCUT2D eigenvalue weighted by molar-refractivity contribution is -0.274. The van der Waals surface area contributed by atoms with Gasteiger partial charge < -0.3 is 9.84 Å². The van der Waals surface area contributed by atoms with Crippen LogP contribution in [0, 0.1) is 12.3 Å². The van der Waals surface area contributed by atoms with Gasteiger partial charge in [0.05, 0.1) is 5.71 Å². The number of aryl methyl sites for hydroxylation is 1. The van der Waals surface area contributed by atoms with Crippen molar-refractivity contribution in [1.82, 2.24) is 4.98 Å². The van der Waals surface area contributed by atoms with Gasteiger partial charge in [0.15, 0.2) is 0 Å². The Balaban J connectivity index is 1.97. The topological polar surface area (TPSA) is 66.2 Å². The van der Waals surface area contributed by atoms with Gasteiger partial charge in [0.2, 0.25) is 0 Å². The molecule has 0 radical (unpaired) electrons. The summed E-state index contributed by atoms with van der Waals surface area (Å²) in [7, 11) is 0. The Morgan fingerprint density at radius 2 is 1.73 bits per heavy atom. The van der Waals surface area contributed by atoms with Gasteiger partial charge in [0.1, 0.15) is 11.9 Å². The van der Waals surface area contributed by atoms with E-state index in [2.05, 4.69) is 9.72 Å². The van der Waals surface area contributed by atoms with E-state index in [1.807, 2.05) is 31.2 Å². The molecule has 4 nitrogen and oxygen atoms in total. The smallest absolute Gasteiger partial charge is 0.406 e. The van der Waals surface area contributed by atoms with E-state index in [9.17, 15) is 18.3 Å². The van der Waals surface area contributed by atoms with Gasteiger partial charge in [0, 0.05) is 29.1 Å². The highest BCUT2D eigenvalue weighted by atomic mass is 19.4. The molecule has 2 N–H and O–H groups in total. The van der Waals surface area contributed by atoms with E-state index >= 15 is 0 Å². The van der Waals surface area contributed by atoms with Crippen LogP contribution in [0.2, 0.25) is 0 Å². The van der Waals surface area contributed by atoms with Crippen molar-refractivity contribution in [2.24, 2.45) is 0 Å². The molecule has 30 heavy (non-hydrogen) atoms. The van der Waals surface area contributed by atoms with Crippen molar-refractivity contribution in [3.63, 3.8) is 0 Å². The van der Waals surface area contributed by atoms with Crippen molar-refractivity contribution in [3.05, 3.63) is 101 Å². The molecule has 0 amide bonds. The first-order valence-electron chi connectivity index (χ1n) is 9.04. The number of aliphatic hydroxyl groups excluding tert-OH is 1. The van der Waals surface area contributed by atoms with Crippen molar-refractivity contribution >= 4 is 11.8 Å². The molecule has 1 unspecified atom stereocenters. The minimum Gasteiger partial charge on any atom is -0.406 e. The van der Waals surface area contributed by atoms with Gasteiger partial charge in [-0.1, -0.05) is 35.9 Å². The summed E-state index contributed by atoms with van der Waals surface area (Å²) in [6.07, 6.45) is -1.17. The van der Waals surface area contributed by atoms with E-state index in [1.54, 1.807) is 24.4 Å². The van der Waals surface area contributed by atoms with E-state index in [4.69, 9.17) is 5.41 Å². The quantitative estimate of drug-likeness (QED) is 0.528. The highest BCUT2D eigenvalue weighted by Crippen LogP contribution is 2.28. The molecule has 0 saturated carbocycles. The van der Waals surface area contributed by atoms with E-state index < -0.39 is 12.5 Å². The summed E-state index contributed by atoms with van der Waals surface area (Å²) in [6.45, 7) is 1.95. The van der Waals surface area contributed by atoms with Crippen molar-refractivity contribution in [3.8, 4) is 5.75 Å². The van der Waals surface area contributed by atoms with E-state index in [0.717, 1.165) is 23.3 Å². The maximum absolute atomic E-state index is 12.4. The van der Waals surface area contributed by atoms with Crippen LogP contribution in [0.25, 0.3) is 6.08 Å². The second kappa shape index (κ2) is 8.92. The number of hydrogen-bond acceptors (Lipinski definition) is 4. The number of pyridine rings is 1. The maximum Gasteiger partial charge on any atom is 0.573 e. The molecule has 2 aromatic carbocycles. The summed E-state index contributed by atoms with van der Waals surface area (Å²) in [6, 6.07) is 15.9. The molecule has 154 valence electrons. The number of rotatable bonds is 6. The van der Waals surface area contributed by atoms with E-state index in [1.165, 1.54) is 18.3 Å². The Kier molecular flexibility index (Phi) is 6.32. The van der Waals surface area contributed by atoms with Crippen molar-refractivity contribution in [1.29, 1.82) is 5.41 Å². The SMILES string of the molecule is Cc1ccc(C=C(C(=N)c2ccc(OC(F)(F)F)cc2)C(O)c2cccnc2)cc1. The number of nitrogens with one attached hydrogen (secondary N) is 1. The second-order valence-electron chi connectivity index (χ2n) is 6.65. The van der Waals surface area contributed by atoms with Crippen LogP contribution in [0.1, 0.15) is 28.4 Å². The fourth-order valence-corrected chi connectivity index (χ4v) is 2.84. The fourth-order valence-electron chi connectivity index (χ4n) is 2.84. The summed E-state index contributed by atoms with van der Waals surface area (Å²) in [5.41, 5.74) is 2.95. The molecule has 0 spiro atoms. The standard InChI is InChI=1S/C23H19F3N2O2/c1-15-4-6-16(7-5-15)13-20(22(29)18-3-2-12-28-14-18)21(27)17-8-10-19(11-9-17)30-23(24,25)26/h2-14,22,27,29H,1H3. The van der Waals surface area contributed by atoms with Gasteiger partial charge >= 0.3 is 6.36 Å². The molecule has 1 aromatic heterocycles. The van der Waals surface area contributed by atoms with Crippen LogP contribution in [-0.2, 0) is 0 Å². The molecule has 1 heterocycles. The average molecular weight is 412 g/mol. The highest BCUT2D eigenvalue weighted by molar-refractivity contribution is 6.13. The third-order valence-corrected chi connectivity index (χ3v) is 4.36. The number of alkyl halides is 3. The summed E-state index contributed by atoms with van der Waals surface area (Å²) < 4.78 is 41.0. The Morgan fingerprint density at radius 3 is 2.30 bits per heavy atom. The summed E-state index contributed by atoms with van der Waals surface area (Å²) >= 11 is 0. The lowest BCUT2D eigenvalue weighted by Crippen LogP contribution is -2.17. The van der Waals surface area contributed by atoms with Crippen LogP contribution >= 0.6 is 0 Å². The normalized spacial score (nSPS) is 13.0. The number of benzene rings is 2. The number of nitrogens with zero attached hydrogens (tertiary/aromatic N) is 1. The summed E-state index contributed by atoms with van der Waals surface area (Å²) in [5.74, 6) is -0.379. The lowest BCUT2D eigenvalue weighted by atomic mass is 9.92. The van der Waals surface area contributed by atoms with Crippen LogP contribution in [0.4, 0.5) is 13.2 Å². The Bertz CT molecular complexity index is 1030. The van der Waals surface area contributed by atoms with E-state index in [-0.39, 0.29) is 17.0 Å². The molecule has 3 rings (SSSR count). The molecular formula is C23H19F3N2O2. The fraction of sp³-hybridized carbons (Fsp3) is 0.130. The Hall–Kier alpha value is -3.45. The first-order chi connectivity index (χ1) is 14.2. The first-order valence-corrected chi connectivity index (χ1v) is 9.04. The van der Waals surface area contributed by atoms with Gasteiger partial charge in [-0.25, -0.2) is 0 Å². The number of ether oxygens (including phenoxy) is 1. The van der Waals surface area contributed by atoms with Crippen LogP contribution in [-0.4, -0.2) is 22.2 Å². The average Bonchev–Trinajstić information content (AvgIpc) is 2.72. The Morgan fingerprint density at radius 1 is 1.07 bits per heavy atom. The minimum absolute atomic E-state index is 0.0227. The third-order valence-electron chi connectivity index (χ3n) is 4.36. The number of hydrogen-bond donors (Lipinski definition) is 2.